The number of nitrogens with one attached hydrogen (secondary N) is 1. The van der Waals surface area contributed by atoms with E-state index in [1.165, 1.54) is 18.3 Å². The molecule has 0 aliphatic rings. The van der Waals surface area contributed by atoms with Crippen LogP contribution in [0.15, 0.2) is 34.9 Å². The lowest BCUT2D eigenvalue weighted by molar-refractivity contribution is 0.101. The molecular weight excluding hydrogens is 320 g/mol. The van der Waals surface area contributed by atoms with Crippen LogP contribution in [-0.2, 0) is 0 Å². The van der Waals surface area contributed by atoms with Crippen molar-refractivity contribution in [3.05, 3.63) is 52.1 Å². The fourth-order valence-electron chi connectivity index (χ4n) is 1.43. The summed E-state index contributed by atoms with van der Waals surface area (Å²) in [4.78, 5) is 15.7. The van der Waals surface area contributed by atoms with Gasteiger partial charge in [-0.05, 0) is 34.1 Å². The van der Waals surface area contributed by atoms with E-state index >= 15 is 0 Å². The van der Waals surface area contributed by atoms with E-state index in [2.05, 4.69) is 26.2 Å². The molecule has 1 aromatic heterocycles. The number of aromatic nitrogens is 1. The first kappa shape index (κ1) is 13.4. The summed E-state index contributed by atoms with van der Waals surface area (Å²) in [6.07, 6.45) is 1.32. The van der Waals surface area contributed by atoms with Gasteiger partial charge >= 0.3 is 0 Å². The number of hydrogen-bond acceptors (Lipinski definition) is 3. The molecule has 2 rings (SSSR count). The molecule has 0 aliphatic carbocycles. The Hall–Kier alpha value is -2.02. The van der Waals surface area contributed by atoms with Crippen LogP contribution in [0.1, 0.15) is 10.4 Å². The second kappa shape index (κ2) is 5.31. The second-order valence-electron chi connectivity index (χ2n) is 3.65. The Balaban J connectivity index is 2.31. The molecule has 0 saturated carbocycles. The van der Waals surface area contributed by atoms with Crippen LogP contribution in [0.4, 0.5) is 20.3 Å². The third kappa shape index (κ3) is 2.87. The molecule has 1 aromatic carbocycles. The SMILES string of the molecule is Nc1cnc(NC(=O)c2c(F)cccc2F)c(Br)c1. The summed E-state index contributed by atoms with van der Waals surface area (Å²) in [6, 6.07) is 4.70. The molecule has 2 aromatic rings. The lowest BCUT2D eigenvalue weighted by Crippen LogP contribution is -2.17. The monoisotopic (exact) mass is 327 g/mol. The summed E-state index contributed by atoms with van der Waals surface area (Å²) in [5.41, 5.74) is 5.22. The van der Waals surface area contributed by atoms with Gasteiger partial charge in [0.2, 0.25) is 0 Å². The van der Waals surface area contributed by atoms with E-state index in [0.29, 0.717) is 10.2 Å². The van der Waals surface area contributed by atoms with Crippen LogP contribution in [-0.4, -0.2) is 10.9 Å². The minimum absolute atomic E-state index is 0.127. The van der Waals surface area contributed by atoms with E-state index in [1.807, 2.05) is 0 Å². The van der Waals surface area contributed by atoms with Crippen LogP contribution in [0.2, 0.25) is 0 Å². The molecule has 98 valence electrons. The van der Waals surface area contributed by atoms with Crippen molar-refractivity contribution < 1.29 is 13.6 Å². The Morgan fingerprint density at radius 1 is 1.32 bits per heavy atom. The summed E-state index contributed by atoms with van der Waals surface area (Å²) >= 11 is 3.14. The number of benzene rings is 1. The van der Waals surface area contributed by atoms with E-state index in [0.717, 1.165) is 12.1 Å². The molecule has 0 spiro atoms. The van der Waals surface area contributed by atoms with Gasteiger partial charge in [-0.25, -0.2) is 13.8 Å². The maximum atomic E-state index is 13.4. The van der Waals surface area contributed by atoms with Crippen molar-refractivity contribution in [1.29, 1.82) is 0 Å². The van der Waals surface area contributed by atoms with Crippen molar-refractivity contribution in [3.8, 4) is 0 Å². The molecule has 0 aliphatic heterocycles. The van der Waals surface area contributed by atoms with Gasteiger partial charge in [0.1, 0.15) is 23.0 Å². The number of amides is 1. The standard InChI is InChI=1S/C12H8BrF2N3O/c13-7-4-6(16)5-17-11(7)18-12(19)10-8(14)2-1-3-9(10)15/h1-5H,16H2,(H,17,18,19). The van der Waals surface area contributed by atoms with Crippen LogP contribution in [0.5, 0.6) is 0 Å². The third-order valence-electron chi connectivity index (χ3n) is 2.28. The smallest absolute Gasteiger partial charge is 0.262 e. The fourth-order valence-corrected chi connectivity index (χ4v) is 1.90. The topological polar surface area (TPSA) is 68.0 Å². The number of anilines is 2. The highest BCUT2D eigenvalue weighted by atomic mass is 79.9. The van der Waals surface area contributed by atoms with Crippen molar-refractivity contribution in [1.82, 2.24) is 4.98 Å². The number of carbonyl (C=O) groups excluding carboxylic acids is 1. The Morgan fingerprint density at radius 3 is 2.53 bits per heavy atom. The zero-order chi connectivity index (χ0) is 14.0. The number of carbonyl (C=O) groups is 1. The molecule has 0 atom stereocenters. The van der Waals surface area contributed by atoms with Crippen molar-refractivity contribution in [2.45, 2.75) is 0 Å². The number of pyridine rings is 1. The van der Waals surface area contributed by atoms with Gasteiger partial charge in [-0.3, -0.25) is 4.79 Å². The van der Waals surface area contributed by atoms with E-state index in [4.69, 9.17) is 5.73 Å². The summed E-state index contributed by atoms with van der Waals surface area (Å²) in [5.74, 6) is -2.68. The van der Waals surface area contributed by atoms with Gasteiger partial charge in [0.15, 0.2) is 0 Å². The van der Waals surface area contributed by atoms with E-state index < -0.39 is 23.1 Å². The lowest BCUT2D eigenvalue weighted by atomic mass is 10.2. The Bertz CT molecular complexity index is 629. The average Bonchev–Trinajstić information content (AvgIpc) is 2.32. The summed E-state index contributed by atoms with van der Waals surface area (Å²) < 4.78 is 27.2. The Labute approximate surface area is 115 Å². The number of nitrogens with zero attached hydrogens (tertiary/aromatic N) is 1. The van der Waals surface area contributed by atoms with Crippen LogP contribution in [0.3, 0.4) is 0 Å². The first-order valence-corrected chi connectivity index (χ1v) is 5.94. The third-order valence-corrected chi connectivity index (χ3v) is 2.89. The first-order chi connectivity index (χ1) is 8.99. The molecule has 4 nitrogen and oxygen atoms in total. The minimum Gasteiger partial charge on any atom is -0.397 e. The number of nitrogen functional groups attached to an aromatic ring is 1. The van der Waals surface area contributed by atoms with Gasteiger partial charge in [0, 0.05) is 0 Å². The highest BCUT2D eigenvalue weighted by Gasteiger charge is 2.18. The first-order valence-electron chi connectivity index (χ1n) is 5.15. The van der Waals surface area contributed by atoms with Gasteiger partial charge in [0.05, 0.1) is 16.4 Å². The van der Waals surface area contributed by atoms with E-state index in [9.17, 15) is 13.6 Å². The molecule has 0 saturated heterocycles. The minimum atomic E-state index is -0.941. The van der Waals surface area contributed by atoms with Crippen molar-refractivity contribution in [3.63, 3.8) is 0 Å². The van der Waals surface area contributed by atoms with E-state index in [1.54, 1.807) is 0 Å². The van der Waals surface area contributed by atoms with Gasteiger partial charge in [-0.15, -0.1) is 0 Å². The zero-order valence-corrected chi connectivity index (χ0v) is 11.0. The summed E-state index contributed by atoms with van der Waals surface area (Å²) in [5, 5.41) is 2.30. The number of rotatable bonds is 2. The van der Waals surface area contributed by atoms with Gasteiger partial charge in [0.25, 0.3) is 5.91 Å². The number of halogens is 3. The summed E-state index contributed by atoms with van der Waals surface area (Å²) in [6.45, 7) is 0. The molecular formula is C12H8BrF2N3O. The van der Waals surface area contributed by atoms with Crippen LogP contribution >= 0.6 is 15.9 Å². The maximum absolute atomic E-state index is 13.4. The summed E-state index contributed by atoms with van der Waals surface area (Å²) in [7, 11) is 0. The van der Waals surface area contributed by atoms with Gasteiger partial charge in [-0.2, -0.15) is 0 Å². The van der Waals surface area contributed by atoms with Crippen LogP contribution < -0.4 is 11.1 Å². The predicted molar refractivity (Wildman–Crippen MR) is 70.7 cm³/mol. The number of nitrogens with two attached hydrogens (primary N) is 1. The molecule has 1 amide bonds. The van der Waals surface area contributed by atoms with Crippen molar-refractivity contribution in [2.75, 3.05) is 11.1 Å². The predicted octanol–water partition coefficient (Wildman–Crippen LogP) is 2.96. The average molecular weight is 328 g/mol. The normalized spacial score (nSPS) is 10.3. The van der Waals surface area contributed by atoms with Crippen molar-refractivity contribution in [2.24, 2.45) is 0 Å². The zero-order valence-electron chi connectivity index (χ0n) is 9.45. The second-order valence-corrected chi connectivity index (χ2v) is 4.50. The van der Waals surface area contributed by atoms with Crippen molar-refractivity contribution >= 4 is 33.3 Å². The highest BCUT2D eigenvalue weighted by Crippen LogP contribution is 2.23. The van der Waals surface area contributed by atoms with Crippen LogP contribution in [0, 0.1) is 11.6 Å². The van der Waals surface area contributed by atoms with Gasteiger partial charge in [-0.1, -0.05) is 6.07 Å². The van der Waals surface area contributed by atoms with Crippen LogP contribution in [0.25, 0.3) is 0 Å². The highest BCUT2D eigenvalue weighted by molar-refractivity contribution is 9.10. The fraction of sp³-hybridized carbons (Fsp3) is 0. The Morgan fingerprint density at radius 2 is 1.95 bits per heavy atom. The molecule has 0 unspecified atom stereocenters. The Kier molecular flexibility index (Phi) is 3.75. The molecule has 0 fully saturated rings. The molecule has 19 heavy (non-hydrogen) atoms. The molecule has 1 heterocycles. The largest absolute Gasteiger partial charge is 0.397 e. The quantitative estimate of drug-likeness (QED) is 0.891. The molecule has 7 heteroatoms. The van der Waals surface area contributed by atoms with Gasteiger partial charge < -0.3 is 11.1 Å². The molecule has 0 radical (unpaired) electrons. The lowest BCUT2D eigenvalue weighted by Gasteiger charge is -2.08. The molecule has 3 N–H and O–H groups in total. The number of hydrogen-bond donors (Lipinski definition) is 2. The van der Waals surface area contributed by atoms with E-state index in [-0.39, 0.29) is 5.82 Å². The molecule has 0 bridgehead atoms. The maximum Gasteiger partial charge on any atom is 0.262 e.